The molecule has 5 atom stereocenters. The SMILES string of the molecule is CC(=O)O[C@H]1[C@@H](F)[C@H](I)O[C@@H](C(F)(F)F)[C@H]1OC(C)=O. The zero-order valence-electron chi connectivity index (χ0n) is 10.3. The van der Waals surface area contributed by atoms with Gasteiger partial charge < -0.3 is 14.2 Å². The fraction of sp³-hybridized carbons (Fsp3) is 0.800. The van der Waals surface area contributed by atoms with Gasteiger partial charge in [0.1, 0.15) is 4.11 Å². The van der Waals surface area contributed by atoms with Crippen LogP contribution in [0.2, 0.25) is 0 Å². The van der Waals surface area contributed by atoms with Crippen molar-refractivity contribution in [1.82, 2.24) is 0 Å². The van der Waals surface area contributed by atoms with E-state index in [-0.39, 0.29) is 0 Å². The molecule has 1 aliphatic heterocycles. The van der Waals surface area contributed by atoms with Crippen LogP contribution in [0, 0.1) is 0 Å². The van der Waals surface area contributed by atoms with Crippen LogP contribution in [0.1, 0.15) is 13.8 Å². The van der Waals surface area contributed by atoms with E-state index in [4.69, 9.17) is 0 Å². The Morgan fingerprint density at radius 3 is 1.95 bits per heavy atom. The van der Waals surface area contributed by atoms with E-state index < -0.39 is 46.7 Å². The van der Waals surface area contributed by atoms with Crippen LogP contribution in [0.5, 0.6) is 0 Å². The maximum absolute atomic E-state index is 13.9. The van der Waals surface area contributed by atoms with Gasteiger partial charge in [-0.3, -0.25) is 9.59 Å². The highest BCUT2D eigenvalue weighted by molar-refractivity contribution is 14.1. The summed E-state index contributed by atoms with van der Waals surface area (Å²) in [6, 6.07) is 0. The Morgan fingerprint density at radius 1 is 1.10 bits per heavy atom. The lowest BCUT2D eigenvalue weighted by Gasteiger charge is -2.41. The lowest BCUT2D eigenvalue weighted by atomic mass is 10.00. The zero-order chi connectivity index (χ0) is 15.7. The Kier molecular flexibility index (Phi) is 5.58. The fourth-order valence-electron chi connectivity index (χ4n) is 1.70. The molecule has 1 fully saturated rings. The molecular formula is C10H11F4IO5. The van der Waals surface area contributed by atoms with E-state index in [2.05, 4.69) is 14.2 Å². The molecule has 1 saturated heterocycles. The normalized spacial score (nSPS) is 34.5. The van der Waals surface area contributed by atoms with E-state index in [1.165, 1.54) is 22.6 Å². The minimum Gasteiger partial charge on any atom is -0.455 e. The van der Waals surface area contributed by atoms with Gasteiger partial charge in [0.2, 0.25) is 0 Å². The molecule has 20 heavy (non-hydrogen) atoms. The van der Waals surface area contributed by atoms with E-state index in [0.717, 1.165) is 13.8 Å². The summed E-state index contributed by atoms with van der Waals surface area (Å²) < 4.78 is 64.5. The van der Waals surface area contributed by atoms with Gasteiger partial charge in [0.05, 0.1) is 0 Å². The van der Waals surface area contributed by atoms with Crippen molar-refractivity contribution in [3.05, 3.63) is 0 Å². The molecule has 0 aromatic heterocycles. The van der Waals surface area contributed by atoms with Crippen molar-refractivity contribution in [1.29, 1.82) is 0 Å². The van der Waals surface area contributed by atoms with Gasteiger partial charge in [0, 0.05) is 13.8 Å². The Labute approximate surface area is 125 Å². The summed E-state index contributed by atoms with van der Waals surface area (Å²) in [5.74, 6) is -2.05. The lowest BCUT2D eigenvalue weighted by Crippen LogP contribution is -2.61. The summed E-state index contributed by atoms with van der Waals surface area (Å²) in [6.07, 6.45) is -13.5. The van der Waals surface area contributed by atoms with Crippen LogP contribution in [0.4, 0.5) is 17.6 Å². The number of carbonyl (C=O) groups excluding carboxylic acids is 2. The molecule has 0 amide bonds. The van der Waals surface area contributed by atoms with Crippen molar-refractivity contribution >= 4 is 34.5 Å². The third-order valence-corrected chi connectivity index (χ3v) is 3.37. The third kappa shape index (κ3) is 4.17. The first-order chi connectivity index (χ1) is 9.04. The average Bonchev–Trinajstić information content (AvgIpc) is 2.25. The molecule has 0 saturated carbocycles. The molecule has 5 nitrogen and oxygen atoms in total. The molecule has 10 heteroatoms. The third-order valence-electron chi connectivity index (χ3n) is 2.39. The predicted molar refractivity (Wildman–Crippen MR) is 64.7 cm³/mol. The molecule has 0 radical (unpaired) electrons. The summed E-state index contributed by atoms with van der Waals surface area (Å²) >= 11 is 1.31. The number of esters is 2. The van der Waals surface area contributed by atoms with Gasteiger partial charge in [-0.05, 0) is 22.6 Å². The molecule has 1 rings (SSSR count). The van der Waals surface area contributed by atoms with E-state index >= 15 is 0 Å². The van der Waals surface area contributed by atoms with Crippen LogP contribution in [-0.2, 0) is 23.8 Å². The molecule has 116 valence electrons. The number of rotatable bonds is 2. The standard InChI is InChI=1S/C10H11F4IO5/c1-3(16)18-6-5(11)9(15)20-8(10(12,13)14)7(6)19-4(2)17/h5-9H,1-2H3/t5-,6+,7+,8-,9-/m1/s1. The topological polar surface area (TPSA) is 61.8 Å². The lowest BCUT2D eigenvalue weighted by molar-refractivity contribution is -0.292. The van der Waals surface area contributed by atoms with Crippen LogP contribution in [0.3, 0.4) is 0 Å². The monoisotopic (exact) mass is 414 g/mol. The minimum atomic E-state index is -4.90. The van der Waals surface area contributed by atoms with E-state index in [1.807, 2.05) is 0 Å². The van der Waals surface area contributed by atoms with Gasteiger partial charge in [0.15, 0.2) is 24.5 Å². The fourth-order valence-corrected chi connectivity index (χ4v) is 2.43. The van der Waals surface area contributed by atoms with E-state index in [9.17, 15) is 27.2 Å². The molecular weight excluding hydrogens is 403 g/mol. The Hall–Kier alpha value is -0.650. The minimum absolute atomic E-state index is 0.863. The first-order valence-corrected chi connectivity index (χ1v) is 6.63. The summed E-state index contributed by atoms with van der Waals surface area (Å²) in [4.78, 5) is 21.8. The quantitative estimate of drug-likeness (QED) is 0.299. The molecule has 0 N–H and O–H groups in total. The Bertz CT molecular complexity index is 388. The van der Waals surface area contributed by atoms with E-state index in [1.54, 1.807) is 0 Å². The van der Waals surface area contributed by atoms with Crippen LogP contribution in [0.15, 0.2) is 0 Å². The van der Waals surface area contributed by atoms with E-state index in [0.29, 0.717) is 0 Å². The number of hydrogen-bond acceptors (Lipinski definition) is 5. The van der Waals surface area contributed by atoms with Crippen LogP contribution < -0.4 is 0 Å². The van der Waals surface area contributed by atoms with Crippen molar-refractivity contribution in [2.45, 2.75) is 48.6 Å². The predicted octanol–water partition coefficient (Wildman–Crippen LogP) is 1.91. The first-order valence-electron chi connectivity index (χ1n) is 5.38. The highest BCUT2D eigenvalue weighted by Crippen LogP contribution is 2.38. The van der Waals surface area contributed by atoms with Crippen LogP contribution in [0.25, 0.3) is 0 Å². The molecule has 0 aliphatic carbocycles. The van der Waals surface area contributed by atoms with Gasteiger partial charge in [-0.1, -0.05) is 0 Å². The highest BCUT2D eigenvalue weighted by Gasteiger charge is 2.59. The number of carbonyl (C=O) groups is 2. The number of hydrogen-bond donors (Lipinski definition) is 0. The van der Waals surface area contributed by atoms with Gasteiger partial charge in [-0.25, -0.2) is 4.39 Å². The molecule has 0 aromatic carbocycles. The first kappa shape index (κ1) is 17.4. The van der Waals surface area contributed by atoms with Crippen molar-refractivity contribution < 1.29 is 41.4 Å². The number of halogens is 5. The highest BCUT2D eigenvalue weighted by atomic mass is 127. The molecule has 1 aliphatic rings. The van der Waals surface area contributed by atoms with Crippen molar-refractivity contribution in [2.24, 2.45) is 0 Å². The number of ether oxygens (including phenoxy) is 3. The molecule has 0 spiro atoms. The zero-order valence-corrected chi connectivity index (χ0v) is 12.5. The maximum Gasteiger partial charge on any atom is 0.418 e. The van der Waals surface area contributed by atoms with Gasteiger partial charge in [-0.2, -0.15) is 13.2 Å². The van der Waals surface area contributed by atoms with Crippen LogP contribution in [-0.4, -0.2) is 46.7 Å². The van der Waals surface area contributed by atoms with Crippen molar-refractivity contribution in [3.8, 4) is 0 Å². The summed E-state index contributed by atoms with van der Waals surface area (Å²) in [5.41, 5.74) is 0. The molecule has 1 heterocycles. The Balaban J connectivity index is 3.11. The van der Waals surface area contributed by atoms with Crippen molar-refractivity contribution in [3.63, 3.8) is 0 Å². The second-order valence-corrected chi connectivity index (χ2v) is 5.27. The van der Waals surface area contributed by atoms with Crippen LogP contribution >= 0.6 is 22.6 Å². The van der Waals surface area contributed by atoms with Gasteiger partial charge >= 0.3 is 18.1 Å². The molecule has 0 bridgehead atoms. The summed E-state index contributed by atoms with van der Waals surface area (Å²) in [7, 11) is 0. The van der Waals surface area contributed by atoms with Gasteiger partial charge in [0.25, 0.3) is 0 Å². The number of alkyl halides is 5. The molecule has 0 aromatic rings. The average molecular weight is 414 g/mol. The maximum atomic E-state index is 13.9. The molecule has 0 unspecified atom stereocenters. The van der Waals surface area contributed by atoms with Gasteiger partial charge in [-0.15, -0.1) is 0 Å². The second-order valence-electron chi connectivity index (χ2n) is 4.04. The smallest absolute Gasteiger partial charge is 0.418 e. The summed E-state index contributed by atoms with van der Waals surface area (Å²) in [6.45, 7) is 1.78. The van der Waals surface area contributed by atoms with Crippen molar-refractivity contribution in [2.75, 3.05) is 0 Å². The summed E-state index contributed by atoms with van der Waals surface area (Å²) in [5, 5.41) is 0. The Morgan fingerprint density at radius 2 is 1.55 bits per heavy atom. The largest absolute Gasteiger partial charge is 0.455 e. The second kappa shape index (κ2) is 6.41.